The van der Waals surface area contributed by atoms with Crippen molar-refractivity contribution < 1.29 is 9.53 Å². The molecule has 1 amide bonds. The molecule has 1 aliphatic carbocycles. The third-order valence-electron chi connectivity index (χ3n) is 4.96. The fourth-order valence-electron chi connectivity index (χ4n) is 3.79. The summed E-state index contributed by atoms with van der Waals surface area (Å²) in [6.07, 6.45) is 7.48. The molecule has 4 atom stereocenters. The van der Waals surface area contributed by atoms with E-state index in [-0.39, 0.29) is 11.9 Å². The molecule has 0 radical (unpaired) electrons. The highest BCUT2D eigenvalue weighted by Crippen LogP contribution is 2.36. The summed E-state index contributed by atoms with van der Waals surface area (Å²) in [5.74, 6) is 0.552. The van der Waals surface area contributed by atoms with Crippen LogP contribution in [0, 0.1) is 5.92 Å². The van der Waals surface area contributed by atoms with Crippen molar-refractivity contribution in [3.63, 3.8) is 0 Å². The third-order valence-corrected chi connectivity index (χ3v) is 4.96. The molecule has 1 saturated carbocycles. The number of ether oxygens (including phenoxy) is 1. The van der Waals surface area contributed by atoms with Gasteiger partial charge in [-0.2, -0.15) is 0 Å². The highest BCUT2D eigenvalue weighted by Gasteiger charge is 2.39. The highest BCUT2D eigenvalue weighted by molar-refractivity contribution is 5.94. The standard InChI is InChI=1S/C18H25NO2/c1-2-14-12-16(15-10-6-7-11-17(15)21-14)19-18(20)13-8-4-3-5-9-13/h3-5,8-9,14-17H,2,6-7,10-12H2,1H3,(H,19,20)/t14-,15-,16+,17+/m0/s1. The maximum absolute atomic E-state index is 12.4. The molecule has 1 aromatic carbocycles. The van der Waals surface area contributed by atoms with Crippen molar-refractivity contribution in [1.82, 2.24) is 5.32 Å². The van der Waals surface area contributed by atoms with E-state index in [1.54, 1.807) is 0 Å². The van der Waals surface area contributed by atoms with Crippen LogP contribution < -0.4 is 5.32 Å². The normalized spacial score (nSPS) is 32.2. The molecular formula is C18H25NO2. The second-order valence-electron chi connectivity index (χ2n) is 6.33. The Kier molecular flexibility index (Phi) is 4.59. The lowest BCUT2D eigenvalue weighted by atomic mass is 9.77. The van der Waals surface area contributed by atoms with E-state index in [0.29, 0.717) is 18.1 Å². The quantitative estimate of drug-likeness (QED) is 0.923. The molecule has 1 aliphatic heterocycles. The minimum atomic E-state index is 0.0571. The van der Waals surface area contributed by atoms with Crippen LogP contribution in [-0.2, 0) is 4.74 Å². The molecule has 0 spiro atoms. The molecule has 0 bridgehead atoms. The summed E-state index contributed by atoms with van der Waals surface area (Å²) >= 11 is 0. The topological polar surface area (TPSA) is 38.3 Å². The molecule has 1 heterocycles. The Morgan fingerprint density at radius 2 is 2.00 bits per heavy atom. The van der Waals surface area contributed by atoms with Gasteiger partial charge >= 0.3 is 0 Å². The first-order valence-corrected chi connectivity index (χ1v) is 8.29. The van der Waals surface area contributed by atoms with Crippen molar-refractivity contribution >= 4 is 5.91 Å². The molecule has 1 saturated heterocycles. The lowest BCUT2D eigenvalue weighted by Crippen LogP contribution is -2.53. The monoisotopic (exact) mass is 287 g/mol. The molecule has 1 aromatic rings. The smallest absolute Gasteiger partial charge is 0.251 e. The van der Waals surface area contributed by atoms with Crippen LogP contribution in [0.15, 0.2) is 30.3 Å². The lowest BCUT2D eigenvalue weighted by molar-refractivity contribution is -0.111. The number of hydrogen-bond donors (Lipinski definition) is 1. The van der Waals surface area contributed by atoms with Crippen LogP contribution in [0.5, 0.6) is 0 Å². The maximum atomic E-state index is 12.4. The van der Waals surface area contributed by atoms with Crippen LogP contribution in [0.4, 0.5) is 0 Å². The minimum Gasteiger partial charge on any atom is -0.375 e. The van der Waals surface area contributed by atoms with Crippen molar-refractivity contribution in [2.24, 2.45) is 5.92 Å². The molecular weight excluding hydrogens is 262 g/mol. The SMILES string of the molecule is CC[C@H]1C[C@@H](NC(=O)c2ccccc2)[C@@H]2CCCC[C@H]2O1. The summed E-state index contributed by atoms with van der Waals surface area (Å²) in [6.45, 7) is 2.17. The van der Waals surface area contributed by atoms with E-state index in [0.717, 1.165) is 24.8 Å². The molecule has 3 rings (SSSR count). The Labute approximate surface area is 127 Å². The second-order valence-corrected chi connectivity index (χ2v) is 6.33. The van der Waals surface area contributed by atoms with Gasteiger partial charge in [0.2, 0.25) is 0 Å². The van der Waals surface area contributed by atoms with E-state index in [9.17, 15) is 4.79 Å². The molecule has 2 fully saturated rings. The van der Waals surface area contributed by atoms with Gasteiger partial charge in [-0.15, -0.1) is 0 Å². The van der Waals surface area contributed by atoms with Crippen molar-refractivity contribution in [3.8, 4) is 0 Å². The average molecular weight is 287 g/mol. The van der Waals surface area contributed by atoms with E-state index < -0.39 is 0 Å². The largest absolute Gasteiger partial charge is 0.375 e. The number of amides is 1. The first-order valence-electron chi connectivity index (χ1n) is 8.29. The van der Waals surface area contributed by atoms with Crippen LogP contribution in [0.3, 0.4) is 0 Å². The van der Waals surface area contributed by atoms with Crippen molar-refractivity contribution in [2.75, 3.05) is 0 Å². The van der Waals surface area contributed by atoms with Gasteiger partial charge in [0, 0.05) is 17.5 Å². The predicted molar refractivity (Wildman–Crippen MR) is 83.2 cm³/mol. The van der Waals surface area contributed by atoms with Crippen molar-refractivity contribution in [1.29, 1.82) is 0 Å². The summed E-state index contributed by atoms with van der Waals surface area (Å²) in [7, 11) is 0. The summed E-state index contributed by atoms with van der Waals surface area (Å²) < 4.78 is 6.21. The number of hydrogen-bond acceptors (Lipinski definition) is 2. The fourth-order valence-corrected chi connectivity index (χ4v) is 3.79. The number of nitrogens with one attached hydrogen (secondary N) is 1. The third kappa shape index (κ3) is 3.29. The average Bonchev–Trinajstić information content (AvgIpc) is 2.55. The molecule has 21 heavy (non-hydrogen) atoms. The first-order chi connectivity index (χ1) is 10.3. The van der Waals surface area contributed by atoms with Crippen LogP contribution in [0.1, 0.15) is 55.8 Å². The van der Waals surface area contributed by atoms with Gasteiger partial charge in [-0.05, 0) is 37.8 Å². The van der Waals surface area contributed by atoms with Crippen LogP contribution in [-0.4, -0.2) is 24.2 Å². The van der Waals surface area contributed by atoms with Gasteiger partial charge in [0.1, 0.15) is 0 Å². The number of benzene rings is 1. The zero-order valence-electron chi connectivity index (χ0n) is 12.8. The molecule has 3 heteroatoms. The van der Waals surface area contributed by atoms with Gasteiger partial charge < -0.3 is 10.1 Å². The second kappa shape index (κ2) is 6.61. The molecule has 0 unspecified atom stereocenters. The zero-order valence-corrected chi connectivity index (χ0v) is 12.8. The van der Waals surface area contributed by atoms with Gasteiger partial charge in [0.05, 0.1) is 12.2 Å². The van der Waals surface area contributed by atoms with E-state index in [1.807, 2.05) is 30.3 Å². The summed E-state index contributed by atoms with van der Waals surface area (Å²) in [6, 6.07) is 9.79. The summed E-state index contributed by atoms with van der Waals surface area (Å²) in [4.78, 5) is 12.4. The van der Waals surface area contributed by atoms with Gasteiger partial charge in [-0.3, -0.25) is 4.79 Å². The van der Waals surface area contributed by atoms with Crippen molar-refractivity contribution in [2.45, 2.75) is 63.7 Å². The van der Waals surface area contributed by atoms with E-state index in [4.69, 9.17) is 4.74 Å². The number of rotatable bonds is 3. The molecule has 2 aliphatic rings. The summed E-state index contributed by atoms with van der Waals surface area (Å²) in [5.41, 5.74) is 0.754. The van der Waals surface area contributed by atoms with Gasteiger partial charge in [0.15, 0.2) is 0 Å². The van der Waals surface area contributed by atoms with Crippen LogP contribution in [0.2, 0.25) is 0 Å². The lowest BCUT2D eigenvalue weighted by Gasteiger charge is -2.44. The molecule has 0 aromatic heterocycles. The Hall–Kier alpha value is -1.35. The van der Waals surface area contributed by atoms with Gasteiger partial charge in [-0.1, -0.05) is 38.0 Å². The van der Waals surface area contributed by atoms with Gasteiger partial charge in [0.25, 0.3) is 5.91 Å². The number of fused-ring (bicyclic) bond motifs is 1. The first kappa shape index (κ1) is 14.6. The number of carbonyl (C=O) groups is 1. The maximum Gasteiger partial charge on any atom is 0.251 e. The Morgan fingerprint density at radius 3 is 2.76 bits per heavy atom. The highest BCUT2D eigenvalue weighted by atomic mass is 16.5. The number of carbonyl (C=O) groups excluding carboxylic acids is 1. The van der Waals surface area contributed by atoms with E-state index in [2.05, 4.69) is 12.2 Å². The van der Waals surface area contributed by atoms with E-state index >= 15 is 0 Å². The zero-order chi connectivity index (χ0) is 14.7. The molecule has 114 valence electrons. The fraction of sp³-hybridized carbons (Fsp3) is 0.611. The predicted octanol–water partition coefficient (Wildman–Crippen LogP) is 3.54. The Balaban J connectivity index is 1.71. The molecule has 3 nitrogen and oxygen atoms in total. The Morgan fingerprint density at radius 1 is 1.24 bits per heavy atom. The Bertz CT molecular complexity index is 473. The minimum absolute atomic E-state index is 0.0571. The molecule has 1 N–H and O–H groups in total. The summed E-state index contributed by atoms with van der Waals surface area (Å²) in [5, 5.41) is 3.28. The van der Waals surface area contributed by atoms with Crippen molar-refractivity contribution in [3.05, 3.63) is 35.9 Å². The van der Waals surface area contributed by atoms with Crippen LogP contribution in [0.25, 0.3) is 0 Å². The van der Waals surface area contributed by atoms with Crippen LogP contribution >= 0.6 is 0 Å². The van der Waals surface area contributed by atoms with E-state index in [1.165, 1.54) is 19.3 Å². The van der Waals surface area contributed by atoms with Gasteiger partial charge in [-0.25, -0.2) is 0 Å².